The Bertz CT molecular complexity index is 401. The monoisotopic (exact) mass is 264 g/mol. The second-order valence-corrected chi connectivity index (χ2v) is 5.32. The largest absolute Gasteiger partial charge is 0.396 e. The highest BCUT2D eigenvalue weighted by Gasteiger charge is 2.13. The molecule has 0 heterocycles. The highest BCUT2D eigenvalue weighted by molar-refractivity contribution is 5.89. The zero-order chi connectivity index (χ0) is 14.4. The van der Waals surface area contributed by atoms with Crippen LogP contribution in [0.3, 0.4) is 0 Å². The normalized spacial score (nSPS) is 14.0. The average Bonchev–Trinajstić information content (AvgIpc) is 2.38. The van der Waals surface area contributed by atoms with E-state index in [1.54, 1.807) is 0 Å². The first kappa shape index (κ1) is 15.5. The molecule has 1 aromatic rings. The van der Waals surface area contributed by atoms with Crippen LogP contribution in [-0.4, -0.2) is 23.8 Å². The minimum Gasteiger partial charge on any atom is -0.396 e. The van der Waals surface area contributed by atoms with E-state index >= 15 is 0 Å². The van der Waals surface area contributed by atoms with Crippen LogP contribution in [0.2, 0.25) is 0 Å². The molecule has 1 aromatic carbocycles. The standard InChI is InChI=1S/C15H24N2O2/c1-10(2)13-5-7-14(8-6-13)17-15(19)16-12(4)11(3)9-18/h5-8,10-12,18H,9H2,1-4H3,(H2,16,17,19). The van der Waals surface area contributed by atoms with Gasteiger partial charge in [0.2, 0.25) is 0 Å². The summed E-state index contributed by atoms with van der Waals surface area (Å²) in [6.07, 6.45) is 0. The lowest BCUT2D eigenvalue weighted by atomic mass is 10.0. The third kappa shape index (κ3) is 4.91. The minimum atomic E-state index is -0.245. The van der Waals surface area contributed by atoms with Crippen molar-refractivity contribution in [2.24, 2.45) is 5.92 Å². The molecule has 0 saturated heterocycles. The number of benzene rings is 1. The average molecular weight is 264 g/mol. The summed E-state index contributed by atoms with van der Waals surface area (Å²) < 4.78 is 0. The molecular weight excluding hydrogens is 240 g/mol. The summed E-state index contributed by atoms with van der Waals surface area (Å²) >= 11 is 0. The van der Waals surface area contributed by atoms with Gasteiger partial charge in [0, 0.05) is 18.3 Å². The van der Waals surface area contributed by atoms with Gasteiger partial charge < -0.3 is 15.7 Å². The van der Waals surface area contributed by atoms with Gasteiger partial charge in [0.25, 0.3) is 0 Å². The lowest BCUT2D eigenvalue weighted by molar-refractivity contribution is 0.204. The molecule has 2 atom stereocenters. The first-order valence-corrected chi connectivity index (χ1v) is 6.72. The maximum atomic E-state index is 11.8. The van der Waals surface area contributed by atoms with E-state index < -0.39 is 0 Å². The number of carbonyl (C=O) groups is 1. The highest BCUT2D eigenvalue weighted by Crippen LogP contribution is 2.17. The molecule has 0 spiro atoms. The first-order valence-electron chi connectivity index (χ1n) is 6.72. The Hall–Kier alpha value is -1.55. The summed E-state index contributed by atoms with van der Waals surface area (Å²) in [5.41, 5.74) is 2.01. The Morgan fingerprint density at radius 1 is 1.16 bits per heavy atom. The van der Waals surface area contributed by atoms with Gasteiger partial charge in [0.1, 0.15) is 0 Å². The molecule has 3 N–H and O–H groups in total. The Balaban J connectivity index is 2.52. The third-order valence-electron chi connectivity index (χ3n) is 3.34. The van der Waals surface area contributed by atoms with E-state index in [2.05, 4.69) is 24.5 Å². The molecule has 0 aromatic heterocycles. The molecule has 0 aliphatic carbocycles. The molecule has 4 nitrogen and oxygen atoms in total. The van der Waals surface area contributed by atoms with Gasteiger partial charge in [-0.1, -0.05) is 32.9 Å². The van der Waals surface area contributed by atoms with E-state index in [9.17, 15) is 4.79 Å². The predicted octanol–water partition coefficient (Wildman–Crippen LogP) is 2.95. The summed E-state index contributed by atoms with van der Waals surface area (Å²) in [6, 6.07) is 7.51. The number of hydrogen-bond donors (Lipinski definition) is 3. The summed E-state index contributed by atoms with van der Waals surface area (Å²) in [6.45, 7) is 8.09. The maximum Gasteiger partial charge on any atom is 0.319 e. The molecule has 0 fully saturated rings. The molecule has 0 aliphatic heterocycles. The molecule has 0 aliphatic rings. The smallest absolute Gasteiger partial charge is 0.319 e. The molecule has 4 heteroatoms. The summed E-state index contributed by atoms with van der Waals surface area (Å²) in [4.78, 5) is 11.8. The molecular formula is C15H24N2O2. The fourth-order valence-corrected chi connectivity index (χ4v) is 1.63. The highest BCUT2D eigenvalue weighted by atomic mass is 16.3. The lowest BCUT2D eigenvalue weighted by Gasteiger charge is -2.19. The number of carbonyl (C=O) groups excluding carboxylic acids is 1. The number of aliphatic hydroxyl groups is 1. The zero-order valence-electron chi connectivity index (χ0n) is 12.1. The van der Waals surface area contributed by atoms with Crippen LogP contribution in [0.15, 0.2) is 24.3 Å². The van der Waals surface area contributed by atoms with E-state index in [1.165, 1.54) is 5.56 Å². The van der Waals surface area contributed by atoms with Crippen LogP contribution >= 0.6 is 0 Å². The van der Waals surface area contributed by atoms with Crippen LogP contribution in [0.1, 0.15) is 39.2 Å². The van der Waals surface area contributed by atoms with Crippen LogP contribution in [0.4, 0.5) is 10.5 Å². The fourth-order valence-electron chi connectivity index (χ4n) is 1.63. The number of hydrogen-bond acceptors (Lipinski definition) is 2. The van der Waals surface area contributed by atoms with Gasteiger partial charge in [-0.05, 0) is 36.5 Å². The molecule has 0 bridgehead atoms. The fraction of sp³-hybridized carbons (Fsp3) is 0.533. The summed E-state index contributed by atoms with van der Waals surface area (Å²) in [5.74, 6) is 0.516. The molecule has 0 saturated carbocycles. The van der Waals surface area contributed by atoms with E-state index in [4.69, 9.17) is 5.11 Å². The second-order valence-electron chi connectivity index (χ2n) is 5.32. The SMILES string of the molecule is CC(C)c1ccc(NC(=O)NC(C)C(C)CO)cc1. The molecule has 2 unspecified atom stereocenters. The van der Waals surface area contributed by atoms with Crippen LogP contribution in [0.5, 0.6) is 0 Å². The zero-order valence-corrected chi connectivity index (χ0v) is 12.1. The van der Waals surface area contributed by atoms with Gasteiger partial charge in [-0.25, -0.2) is 4.79 Å². The minimum absolute atomic E-state index is 0.0362. The van der Waals surface area contributed by atoms with Crippen molar-refractivity contribution in [1.82, 2.24) is 5.32 Å². The van der Waals surface area contributed by atoms with Crippen molar-refractivity contribution in [2.75, 3.05) is 11.9 Å². The first-order chi connectivity index (χ1) is 8.93. The van der Waals surface area contributed by atoms with Gasteiger partial charge in [-0.3, -0.25) is 0 Å². The van der Waals surface area contributed by atoms with Crippen molar-refractivity contribution in [3.8, 4) is 0 Å². The van der Waals surface area contributed by atoms with Gasteiger partial charge in [-0.2, -0.15) is 0 Å². The van der Waals surface area contributed by atoms with E-state index in [0.717, 1.165) is 5.69 Å². The Morgan fingerprint density at radius 3 is 2.21 bits per heavy atom. The number of rotatable bonds is 5. The summed E-state index contributed by atoms with van der Waals surface area (Å²) in [7, 11) is 0. The van der Waals surface area contributed by atoms with E-state index in [-0.39, 0.29) is 24.6 Å². The predicted molar refractivity (Wildman–Crippen MR) is 78.4 cm³/mol. The molecule has 19 heavy (non-hydrogen) atoms. The van der Waals surface area contributed by atoms with Gasteiger partial charge in [-0.15, -0.1) is 0 Å². The van der Waals surface area contributed by atoms with Crippen LogP contribution in [0.25, 0.3) is 0 Å². The van der Waals surface area contributed by atoms with Crippen molar-refractivity contribution < 1.29 is 9.90 Å². The second kappa shape index (κ2) is 7.14. The van der Waals surface area contributed by atoms with Crippen molar-refractivity contribution in [1.29, 1.82) is 0 Å². The van der Waals surface area contributed by atoms with Gasteiger partial charge >= 0.3 is 6.03 Å². The molecule has 0 radical (unpaired) electrons. The number of anilines is 1. The topological polar surface area (TPSA) is 61.4 Å². The number of amides is 2. The lowest BCUT2D eigenvalue weighted by Crippen LogP contribution is -2.40. The van der Waals surface area contributed by atoms with Crippen molar-refractivity contribution in [2.45, 2.75) is 39.7 Å². The summed E-state index contributed by atoms with van der Waals surface area (Å²) in [5, 5.41) is 14.6. The third-order valence-corrected chi connectivity index (χ3v) is 3.34. The van der Waals surface area contributed by atoms with E-state index in [0.29, 0.717) is 5.92 Å². The van der Waals surface area contributed by atoms with Crippen molar-refractivity contribution in [3.05, 3.63) is 29.8 Å². The Labute approximate surface area is 115 Å². The van der Waals surface area contributed by atoms with E-state index in [1.807, 2.05) is 38.1 Å². The number of nitrogens with one attached hydrogen (secondary N) is 2. The van der Waals surface area contributed by atoms with Crippen LogP contribution < -0.4 is 10.6 Å². The number of urea groups is 1. The van der Waals surface area contributed by atoms with Crippen molar-refractivity contribution >= 4 is 11.7 Å². The van der Waals surface area contributed by atoms with Crippen molar-refractivity contribution in [3.63, 3.8) is 0 Å². The maximum absolute atomic E-state index is 11.8. The Morgan fingerprint density at radius 2 is 1.74 bits per heavy atom. The quantitative estimate of drug-likeness (QED) is 0.765. The molecule has 2 amide bonds. The van der Waals surface area contributed by atoms with Crippen LogP contribution in [0, 0.1) is 5.92 Å². The molecule has 1 rings (SSSR count). The Kier molecular flexibility index (Phi) is 5.83. The van der Waals surface area contributed by atoms with Gasteiger partial charge in [0.05, 0.1) is 0 Å². The number of aliphatic hydroxyl groups excluding tert-OH is 1. The van der Waals surface area contributed by atoms with Crippen LogP contribution in [-0.2, 0) is 0 Å². The van der Waals surface area contributed by atoms with Gasteiger partial charge in [0.15, 0.2) is 0 Å². The molecule has 106 valence electrons.